The molecule has 0 spiro atoms. The summed E-state index contributed by atoms with van der Waals surface area (Å²) in [5, 5.41) is 0. The van der Waals surface area contributed by atoms with E-state index in [1.54, 1.807) is 12.4 Å². The Kier molecular flexibility index (Phi) is 4.23. The largest absolute Gasteiger partial charge is 0.368 e. The van der Waals surface area contributed by atoms with Crippen LogP contribution in [0, 0.1) is 0 Å². The van der Waals surface area contributed by atoms with Gasteiger partial charge >= 0.3 is 0 Å². The van der Waals surface area contributed by atoms with Crippen molar-refractivity contribution in [3.05, 3.63) is 30.1 Å². The van der Waals surface area contributed by atoms with Crippen molar-refractivity contribution in [3.8, 4) is 0 Å². The van der Waals surface area contributed by atoms with E-state index >= 15 is 0 Å². The summed E-state index contributed by atoms with van der Waals surface area (Å²) in [5.74, 6) is 0.149. The lowest BCUT2D eigenvalue weighted by Crippen LogP contribution is -2.46. The van der Waals surface area contributed by atoms with E-state index in [-0.39, 0.29) is 11.9 Å². The van der Waals surface area contributed by atoms with Gasteiger partial charge in [-0.2, -0.15) is 0 Å². The monoisotopic (exact) mass is 234 g/mol. The number of Topliss-reactive ketones (excluding diaryl/α,β-unsaturated/α-hetero) is 1. The number of hydrogen-bond donors (Lipinski definition) is 0. The lowest BCUT2D eigenvalue weighted by atomic mass is 10.1. The average molecular weight is 234 g/mol. The van der Waals surface area contributed by atoms with E-state index in [9.17, 15) is 4.79 Å². The molecule has 1 aromatic rings. The summed E-state index contributed by atoms with van der Waals surface area (Å²) in [5.41, 5.74) is 0.953. The molecule has 1 unspecified atom stereocenters. The number of hydrogen-bond acceptors (Lipinski definition) is 4. The first-order valence-corrected chi connectivity index (χ1v) is 6.05. The summed E-state index contributed by atoms with van der Waals surface area (Å²) >= 11 is 0. The maximum absolute atomic E-state index is 12.0. The van der Waals surface area contributed by atoms with E-state index in [4.69, 9.17) is 4.74 Å². The van der Waals surface area contributed by atoms with Crippen LogP contribution >= 0.6 is 0 Å². The molecule has 2 heterocycles. The van der Waals surface area contributed by atoms with E-state index in [1.807, 2.05) is 12.1 Å². The van der Waals surface area contributed by atoms with Gasteiger partial charge in [-0.25, -0.2) is 0 Å². The molecule has 4 nitrogen and oxygen atoms in total. The maximum Gasteiger partial charge on any atom is 0.167 e. The Hall–Kier alpha value is -1.26. The van der Waals surface area contributed by atoms with Crippen LogP contribution in [-0.2, 0) is 16.0 Å². The predicted octanol–water partition coefficient (Wildman–Crippen LogP) is 0.914. The summed E-state index contributed by atoms with van der Waals surface area (Å²) in [6, 6.07) is 3.77. The molecule has 1 atom stereocenters. The van der Waals surface area contributed by atoms with Gasteiger partial charge in [0, 0.05) is 31.9 Å². The van der Waals surface area contributed by atoms with E-state index in [0.29, 0.717) is 13.0 Å². The Labute approximate surface area is 102 Å². The van der Waals surface area contributed by atoms with Gasteiger partial charge in [-0.05, 0) is 18.2 Å². The van der Waals surface area contributed by atoms with Gasteiger partial charge in [0.15, 0.2) is 5.78 Å². The Morgan fingerprint density at radius 1 is 1.65 bits per heavy atom. The van der Waals surface area contributed by atoms with Crippen LogP contribution in [0.2, 0.25) is 0 Å². The molecule has 1 aliphatic heterocycles. The molecular formula is C13H18N2O2. The first-order chi connectivity index (χ1) is 8.29. The van der Waals surface area contributed by atoms with Crippen molar-refractivity contribution in [2.75, 3.05) is 26.2 Å². The fraction of sp³-hybridized carbons (Fsp3) is 0.538. The molecule has 1 fully saturated rings. The number of rotatable bonds is 4. The molecule has 0 radical (unpaired) electrons. The number of likely N-dealkylation sites (N-methyl/N-ethyl adjacent to an activating group) is 1. The second-order valence-electron chi connectivity index (χ2n) is 4.26. The number of carbonyl (C=O) groups excluding carboxylic acids is 1. The first-order valence-electron chi connectivity index (χ1n) is 6.05. The lowest BCUT2D eigenvalue weighted by Gasteiger charge is -2.31. The third-order valence-corrected chi connectivity index (χ3v) is 3.06. The average Bonchev–Trinajstić information content (AvgIpc) is 2.40. The van der Waals surface area contributed by atoms with Gasteiger partial charge in [0.1, 0.15) is 6.10 Å². The number of ether oxygens (including phenoxy) is 1. The van der Waals surface area contributed by atoms with Gasteiger partial charge in [0.05, 0.1) is 6.61 Å². The molecule has 1 saturated heterocycles. The van der Waals surface area contributed by atoms with Crippen molar-refractivity contribution in [2.45, 2.75) is 19.4 Å². The summed E-state index contributed by atoms with van der Waals surface area (Å²) in [4.78, 5) is 18.3. The van der Waals surface area contributed by atoms with Gasteiger partial charge < -0.3 is 4.74 Å². The maximum atomic E-state index is 12.0. The van der Waals surface area contributed by atoms with Crippen molar-refractivity contribution in [3.63, 3.8) is 0 Å². The topological polar surface area (TPSA) is 42.4 Å². The predicted molar refractivity (Wildman–Crippen MR) is 64.8 cm³/mol. The minimum atomic E-state index is -0.274. The van der Waals surface area contributed by atoms with Crippen molar-refractivity contribution in [1.82, 2.24) is 9.88 Å². The van der Waals surface area contributed by atoms with Gasteiger partial charge in [-0.3, -0.25) is 14.7 Å². The summed E-state index contributed by atoms with van der Waals surface area (Å²) < 4.78 is 5.53. The molecule has 0 aromatic carbocycles. The number of nitrogens with zero attached hydrogens (tertiary/aromatic N) is 2. The molecule has 1 aliphatic rings. The van der Waals surface area contributed by atoms with Crippen LogP contribution in [0.5, 0.6) is 0 Å². The van der Waals surface area contributed by atoms with E-state index in [1.165, 1.54) is 0 Å². The zero-order valence-electron chi connectivity index (χ0n) is 10.1. The van der Waals surface area contributed by atoms with Crippen LogP contribution in [0.15, 0.2) is 24.5 Å². The van der Waals surface area contributed by atoms with Crippen LogP contribution in [0.3, 0.4) is 0 Å². The molecule has 0 amide bonds. The Morgan fingerprint density at radius 3 is 3.24 bits per heavy atom. The molecule has 92 valence electrons. The lowest BCUT2D eigenvalue weighted by molar-refractivity contribution is -0.135. The minimum absolute atomic E-state index is 0.149. The van der Waals surface area contributed by atoms with Crippen molar-refractivity contribution in [2.24, 2.45) is 0 Å². The smallest absolute Gasteiger partial charge is 0.167 e. The third-order valence-electron chi connectivity index (χ3n) is 3.06. The number of carbonyl (C=O) groups is 1. The van der Waals surface area contributed by atoms with Gasteiger partial charge in [-0.1, -0.05) is 13.0 Å². The molecule has 0 saturated carbocycles. The third kappa shape index (κ3) is 3.35. The van der Waals surface area contributed by atoms with Crippen molar-refractivity contribution >= 4 is 5.78 Å². The van der Waals surface area contributed by atoms with E-state index in [0.717, 1.165) is 25.2 Å². The van der Waals surface area contributed by atoms with Crippen LogP contribution in [0.4, 0.5) is 0 Å². The quantitative estimate of drug-likeness (QED) is 0.776. The van der Waals surface area contributed by atoms with E-state index < -0.39 is 0 Å². The second kappa shape index (κ2) is 5.89. The molecule has 17 heavy (non-hydrogen) atoms. The molecular weight excluding hydrogens is 216 g/mol. The molecule has 0 bridgehead atoms. The zero-order valence-corrected chi connectivity index (χ0v) is 10.1. The fourth-order valence-corrected chi connectivity index (χ4v) is 2.00. The molecule has 2 rings (SSSR count). The molecule has 0 N–H and O–H groups in total. The van der Waals surface area contributed by atoms with Crippen LogP contribution in [0.1, 0.15) is 12.5 Å². The number of morpholine rings is 1. The molecule has 4 heteroatoms. The molecule has 0 aliphatic carbocycles. The Balaban J connectivity index is 1.91. The van der Waals surface area contributed by atoms with Gasteiger partial charge in [0.25, 0.3) is 0 Å². The second-order valence-corrected chi connectivity index (χ2v) is 4.26. The Morgan fingerprint density at radius 2 is 2.53 bits per heavy atom. The molecule has 1 aromatic heterocycles. The Bertz CT molecular complexity index is 367. The summed E-state index contributed by atoms with van der Waals surface area (Å²) in [6.07, 6.45) is 3.59. The van der Waals surface area contributed by atoms with Crippen LogP contribution in [0.25, 0.3) is 0 Å². The zero-order chi connectivity index (χ0) is 12.1. The van der Waals surface area contributed by atoms with Crippen molar-refractivity contribution < 1.29 is 9.53 Å². The van der Waals surface area contributed by atoms with E-state index in [2.05, 4.69) is 16.8 Å². The van der Waals surface area contributed by atoms with Crippen LogP contribution in [-0.4, -0.2) is 48.0 Å². The highest BCUT2D eigenvalue weighted by atomic mass is 16.5. The number of aromatic nitrogens is 1. The number of pyridine rings is 1. The van der Waals surface area contributed by atoms with Gasteiger partial charge in [0.2, 0.25) is 0 Å². The standard InChI is InChI=1S/C13H18N2O2/c1-2-15-6-7-17-13(10-15)12(16)8-11-4-3-5-14-9-11/h3-5,9,13H,2,6-8,10H2,1H3. The highest BCUT2D eigenvalue weighted by Crippen LogP contribution is 2.09. The highest BCUT2D eigenvalue weighted by molar-refractivity contribution is 5.85. The fourth-order valence-electron chi connectivity index (χ4n) is 2.00. The normalized spacial score (nSPS) is 21.4. The van der Waals surface area contributed by atoms with Crippen molar-refractivity contribution in [1.29, 1.82) is 0 Å². The minimum Gasteiger partial charge on any atom is -0.368 e. The summed E-state index contributed by atoms with van der Waals surface area (Å²) in [7, 11) is 0. The van der Waals surface area contributed by atoms with Crippen LogP contribution < -0.4 is 0 Å². The van der Waals surface area contributed by atoms with Gasteiger partial charge in [-0.15, -0.1) is 0 Å². The first kappa shape index (κ1) is 12.2. The summed E-state index contributed by atoms with van der Waals surface area (Å²) in [6.45, 7) is 5.37. The number of ketones is 1. The SMILES string of the molecule is CCN1CCOC(C(=O)Cc2cccnc2)C1. The highest BCUT2D eigenvalue weighted by Gasteiger charge is 2.25.